The van der Waals surface area contributed by atoms with Crippen LogP contribution >= 0.6 is 0 Å². The number of rotatable bonds is 8. The Balaban J connectivity index is 0.00000968. The van der Waals surface area contributed by atoms with Crippen molar-refractivity contribution in [2.45, 2.75) is 132 Å². The summed E-state index contributed by atoms with van der Waals surface area (Å²) in [4.78, 5) is 9.81. The topological polar surface area (TPSA) is 50.9 Å². The van der Waals surface area contributed by atoms with Crippen molar-refractivity contribution >= 4 is 11.0 Å². The van der Waals surface area contributed by atoms with E-state index >= 15 is 0 Å². The number of aryl methyl sites for hydroxylation is 1. The van der Waals surface area contributed by atoms with Crippen molar-refractivity contribution in [3.8, 4) is 67.5 Å². The minimum atomic E-state index is -3.01. The van der Waals surface area contributed by atoms with Crippen LogP contribution in [0.5, 0.6) is 5.75 Å². The number of nitrogens with zero attached hydrogens (tertiary/aromatic N) is 3. The van der Waals surface area contributed by atoms with Gasteiger partial charge in [-0.2, -0.15) is 0 Å². The summed E-state index contributed by atoms with van der Waals surface area (Å²) in [7, 11) is 0. The molecule has 2 heterocycles. The van der Waals surface area contributed by atoms with E-state index in [-0.39, 0.29) is 55.1 Å². The number of pyridine rings is 1. The van der Waals surface area contributed by atoms with Crippen LogP contribution in [0.3, 0.4) is 0 Å². The molecule has 0 saturated heterocycles. The summed E-state index contributed by atoms with van der Waals surface area (Å²) in [5.41, 5.74) is 3.63. The van der Waals surface area contributed by atoms with Crippen molar-refractivity contribution in [1.82, 2.24) is 14.5 Å². The number of hydrogen-bond donors (Lipinski definition) is 1. The van der Waals surface area contributed by atoms with Gasteiger partial charge in [0.1, 0.15) is 11.6 Å². The SMILES string of the molecule is [2H]c1nc(-c2[c-]c(-c3cccc4c3nc(-c3cc(C(C)(C)C)cc(C(C)(C)C)c3O)n4-c3ccc(-c4cc(C([2H])(C)C)cc(C([2H])(C)C)c4)cc3C([2H])([2H])[2H])cc(C(C)(C)C)c2)c([2H])c(-c2c([2H])c([2H])c(C([2H])([2H])[2H])c([2H])c2[2H])c1[2H].[Pt]. The van der Waals surface area contributed by atoms with Gasteiger partial charge < -0.3 is 5.11 Å². The first-order valence-electron chi connectivity index (χ1n) is 29.8. The van der Waals surface area contributed by atoms with E-state index in [4.69, 9.17) is 24.2 Å². The van der Waals surface area contributed by atoms with Crippen molar-refractivity contribution < 1.29 is 46.7 Å². The molecule has 0 radical (unpaired) electrons. The molecule has 67 heavy (non-hydrogen) atoms. The number of benzene rings is 6. The fourth-order valence-electron chi connectivity index (χ4n) is 8.12. The summed E-state index contributed by atoms with van der Waals surface area (Å²) in [6.07, 6.45) is -0.647. The molecule has 0 unspecified atom stereocenters. The first-order valence-corrected chi connectivity index (χ1v) is 22.3. The normalized spacial score (nSPS) is 16.2. The van der Waals surface area contributed by atoms with Crippen LogP contribution in [-0.4, -0.2) is 19.6 Å². The molecule has 8 aromatic rings. The number of phenols is 1. The summed E-state index contributed by atoms with van der Waals surface area (Å²) < 4.78 is 133. The summed E-state index contributed by atoms with van der Waals surface area (Å²) >= 11 is 0. The zero-order valence-corrected chi connectivity index (χ0v) is 42.9. The number of hydrogen-bond acceptors (Lipinski definition) is 3. The van der Waals surface area contributed by atoms with Crippen molar-refractivity contribution in [2.75, 3.05) is 0 Å². The number of para-hydroxylation sites is 1. The smallest absolute Gasteiger partial charge is 0.148 e. The summed E-state index contributed by atoms with van der Waals surface area (Å²) in [5, 5.41) is 12.6. The molecular weight excluding hydrogens is 998 g/mol. The van der Waals surface area contributed by atoms with Crippen LogP contribution in [0.4, 0.5) is 0 Å². The van der Waals surface area contributed by atoms with Gasteiger partial charge in [0.15, 0.2) is 0 Å². The molecule has 8 rings (SSSR count). The molecule has 0 aliphatic rings. The average Bonchev–Trinajstić information content (AvgIpc) is 2.95. The second kappa shape index (κ2) is 18.5. The van der Waals surface area contributed by atoms with Crippen LogP contribution in [0.1, 0.15) is 161 Å². The minimum Gasteiger partial charge on any atom is -0.507 e. The standard InChI is InChI=1S/C62H68N3O.Pt/c1-37(2)44-28-45(38(3)4)30-46(29-44)42-23-24-55(40(6)27-42)65-56-18-16-17-51(57(56)64-59(65)52-35-50(61(10,11)12)36-53(58(52)66)62(13,14)15)47-31-48(33-49(32-47)60(7,8)9)54-34-43(25-26-63-54)41-21-19-39(5)20-22-41;/h16-30,32-38,66H,1-15H3;/q-1;/i5D3,6D3,19D,20D,21D,22D,25D,26D,34D,37D,38D;. The molecule has 348 valence electrons. The van der Waals surface area contributed by atoms with Crippen LogP contribution < -0.4 is 0 Å². The number of imidazole rings is 1. The predicted molar refractivity (Wildman–Crippen MR) is 280 cm³/mol. The number of aromatic nitrogens is 3. The predicted octanol–water partition coefficient (Wildman–Crippen LogP) is 17.0. The minimum absolute atomic E-state index is 0. The van der Waals surface area contributed by atoms with Gasteiger partial charge in [-0.05, 0) is 117 Å². The van der Waals surface area contributed by atoms with Gasteiger partial charge in [-0.3, -0.25) is 9.55 Å². The van der Waals surface area contributed by atoms with Gasteiger partial charge in [-0.1, -0.05) is 179 Å². The Hall–Kier alpha value is -5.57. The van der Waals surface area contributed by atoms with Gasteiger partial charge in [0.2, 0.25) is 0 Å². The molecule has 0 amide bonds. The van der Waals surface area contributed by atoms with E-state index in [2.05, 4.69) is 31.8 Å². The second-order valence-corrected chi connectivity index (χ2v) is 20.8. The molecule has 0 atom stereocenters. The quantitative estimate of drug-likeness (QED) is 0.154. The van der Waals surface area contributed by atoms with Crippen LogP contribution in [0.15, 0.2) is 121 Å². The van der Waals surface area contributed by atoms with E-state index in [1.807, 2.05) is 96.1 Å². The molecule has 6 aromatic carbocycles. The van der Waals surface area contributed by atoms with Crippen LogP contribution in [0, 0.1) is 19.8 Å². The summed E-state index contributed by atoms with van der Waals surface area (Å²) in [5.74, 6) is -1.91. The van der Waals surface area contributed by atoms with E-state index < -0.39 is 101 Å². The van der Waals surface area contributed by atoms with E-state index in [0.717, 1.165) is 5.56 Å². The monoisotopic (exact) mass is 1080 g/mol. The Kier molecular flexibility index (Phi) is 9.11. The van der Waals surface area contributed by atoms with Crippen molar-refractivity contribution in [1.29, 1.82) is 0 Å². The molecule has 0 spiro atoms. The maximum absolute atomic E-state index is 12.6. The van der Waals surface area contributed by atoms with Gasteiger partial charge in [0.25, 0.3) is 0 Å². The van der Waals surface area contributed by atoms with Gasteiger partial charge in [0, 0.05) is 49.5 Å². The Morgan fingerprint density at radius 2 is 1.31 bits per heavy atom. The Morgan fingerprint density at radius 1 is 0.657 bits per heavy atom. The molecule has 2 aromatic heterocycles. The Labute approximate surface area is 436 Å². The summed E-state index contributed by atoms with van der Waals surface area (Å²) in [6.45, 7) is 19.4. The second-order valence-electron chi connectivity index (χ2n) is 20.8. The van der Waals surface area contributed by atoms with Gasteiger partial charge >= 0.3 is 0 Å². The number of fused-ring (bicyclic) bond motifs is 1. The van der Waals surface area contributed by atoms with Crippen molar-refractivity contribution in [2.24, 2.45) is 0 Å². The molecule has 5 heteroatoms. The zero-order valence-electron chi connectivity index (χ0n) is 55.6. The van der Waals surface area contributed by atoms with Crippen molar-refractivity contribution in [3.63, 3.8) is 0 Å². The first kappa shape index (κ1) is 33.0. The maximum atomic E-state index is 12.6. The third-order valence-electron chi connectivity index (χ3n) is 12.1. The first-order chi connectivity index (χ1) is 36.9. The van der Waals surface area contributed by atoms with Gasteiger partial charge in [-0.25, -0.2) is 4.98 Å². The van der Waals surface area contributed by atoms with Crippen LogP contribution in [-0.2, 0) is 37.3 Å². The van der Waals surface area contributed by atoms with E-state index in [1.54, 1.807) is 56.5 Å². The average molecular weight is 1080 g/mol. The van der Waals surface area contributed by atoms with Crippen molar-refractivity contribution in [3.05, 3.63) is 166 Å². The molecule has 4 nitrogen and oxygen atoms in total. The molecule has 0 aliphatic heterocycles. The van der Waals surface area contributed by atoms with E-state index in [1.165, 1.54) is 0 Å². The molecule has 0 bridgehead atoms. The fraction of sp³-hybridized carbons (Fsp3) is 0.323. The molecule has 0 saturated carbocycles. The fourth-order valence-corrected chi connectivity index (χ4v) is 8.12. The largest absolute Gasteiger partial charge is 0.507 e. The zero-order chi connectivity index (χ0) is 60.6. The van der Waals surface area contributed by atoms with Gasteiger partial charge in [-0.15, -0.1) is 29.3 Å². The molecular formula is C62H68N3OPt-. The molecule has 1 N–H and O–H groups in total. The Bertz CT molecular complexity index is 3800. The number of aromatic hydroxyl groups is 1. The third kappa shape index (κ3) is 10.0. The number of phenolic OH excluding ortho intramolecular Hbond substituents is 1. The van der Waals surface area contributed by atoms with E-state index in [0.29, 0.717) is 61.1 Å². The van der Waals surface area contributed by atoms with Crippen LogP contribution in [0.25, 0.3) is 72.7 Å². The summed E-state index contributed by atoms with van der Waals surface area (Å²) in [6, 6.07) is 22.6. The third-order valence-corrected chi connectivity index (χ3v) is 12.1. The van der Waals surface area contributed by atoms with Gasteiger partial charge in [0.05, 0.1) is 31.9 Å². The van der Waals surface area contributed by atoms with Crippen LogP contribution in [0.2, 0.25) is 0 Å². The van der Waals surface area contributed by atoms with E-state index in [9.17, 15) is 6.48 Å². The molecule has 0 aliphatic carbocycles. The molecule has 0 fully saturated rings. The Morgan fingerprint density at radius 3 is 1.93 bits per heavy atom. The maximum Gasteiger partial charge on any atom is 0.148 e.